The Bertz CT molecular complexity index is 583. The molecule has 0 fully saturated rings. The summed E-state index contributed by atoms with van der Waals surface area (Å²) in [7, 11) is 0. The predicted octanol–water partition coefficient (Wildman–Crippen LogP) is 2.17. The van der Waals surface area contributed by atoms with E-state index in [1.165, 1.54) is 29.4 Å². The van der Waals surface area contributed by atoms with E-state index in [-0.39, 0.29) is 6.61 Å². The van der Waals surface area contributed by atoms with Crippen LogP contribution in [0.1, 0.15) is 21.7 Å². The first-order valence-electron chi connectivity index (χ1n) is 5.36. The van der Waals surface area contributed by atoms with E-state index < -0.39 is 5.97 Å². The molecule has 2 aromatic rings. The summed E-state index contributed by atoms with van der Waals surface area (Å²) >= 11 is 2.69. The Labute approximate surface area is 112 Å². The maximum absolute atomic E-state index is 11.1. The number of aromatic nitrogens is 2. The molecule has 0 aliphatic carbocycles. The molecule has 2 rings (SSSR count). The first-order valence-corrected chi connectivity index (χ1v) is 7.16. The second-order valence-corrected chi connectivity index (χ2v) is 5.73. The lowest BCUT2D eigenvalue weighted by Gasteiger charge is -2.01. The monoisotopic (exact) mass is 284 g/mol. The number of thioether (sulfide) groups is 1. The van der Waals surface area contributed by atoms with Crippen molar-refractivity contribution in [1.82, 2.24) is 9.97 Å². The quantitative estimate of drug-likeness (QED) is 0.497. The van der Waals surface area contributed by atoms with Crippen LogP contribution in [0.4, 0.5) is 0 Å². The van der Waals surface area contributed by atoms with E-state index in [0.29, 0.717) is 16.1 Å². The van der Waals surface area contributed by atoms with Gasteiger partial charge < -0.3 is 10.2 Å². The third-order valence-electron chi connectivity index (χ3n) is 2.43. The fourth-order valence-corrected chi connectivity index (χ4v) is 3.62. The number of nitrogens with zero attached hydrogens (tertiary/aromatic N) is 2. The number of fused-ring (bicyclic) bond motifs is 1. The van der Waals surface area contributed by atoms with Crippen LogP contribution < -0.4 is 0 Å². The van der Waals surface area contributed by atoms with Crippen molar-refractivity contribution in [1.29, 1.82) is 0 Å². The molecular weight excluding hydrogens is 272 g/mol. The molecule has 0 aliphatic heterocycles. The predicted molar refractivity (Wildman–Crippen MR) is 71.5 cm³/mol. The maximum Gasteiger partial charge on any atom is 0.346 e. The Kier molecular flexibility index (Phi) is 4.15. The number of carboxylic acids is 1. The average molecular weight is 284 g/mol. The van der Waals surface area contributed by atoms with Gasteiger partial charge in [-0.25, -0.2) is 14.8 Å². The molecule has 0 unspecified atom stereocenters. The number of aliphatic hydroxyl groups excluding tert-OH is 1. The second kappa shape index (κ2) is 5.64. The Morgan fingerprint density at radius 2 is 2.28 bits per heavy atom. The van der Waals surface area contributed by atoms with Gasteiger partial charge in [-0.3, -0.25) is 0 Å². The summed E-state index contributed by atoms with van der Waals surface area (Å²) in [6.45, 7) is 1.92. The summed E-state index contributed by atoms with van der Waals surface area (Å²) in [5.74, 6) is -0.179. The smallest absolute Gasteiger partial charge is 0.346 e. The minimum Gasteiger partial charge on any atom is -0.477 e. The van der Waals surface area contributed by atoms with E-state index in [2.05, 4.69) is 9.97 Å². The largest absolute Gasteiger partial charge is 0.477 e. The van der Waals surface area contributed by atoms with Crippen LogP contribution in [0.25, 0.3) is 10.2 Å². The van der Waals surface area contributed by atoms with Gasteiger partial charge in [0.05, 0.1) is 0 Å². The molecule has 5 nitrogen and oxygen atoms in total. The first kappa shape index (κ1) is 13.3. The summed E-state index contributed by atoms with van der Waals surface area (Å²) in [6, 6.07) is 0. The molecular formula is C11H12N2O3S2. The van der Waals surface area contributed by atoms with E-state index >= 15 is 0 Å². The van der Waals surface area contributed by atoms with Gasteiger partial charge in [-0.2, -0.15) is 0 Å². The van der Waals surface area contributed by atoms with Crippen LogP contribution in [-0.4, -0.2) is 38.5 Å². The molecule has 0 atom stereocenters. The zero-order valence-corrected chi connectivity index (χ0v) is 11.3. The van der Waals surface area contributed by atoms with Gasteiger partial charge in [0.2, 0.25) is 0 Å². The van der Waals surface area contributed by atoms with Gasteiger partial charge >= 0.3 is 5.97 Å². The Morgan fingerprint density at radius 1 is 1.50 bits per heavy atom. The lowest BCUT2D eigenvalue weighted by Crippen LogP contribution is -1.94. The molecule has 0 radical (unpaired) electrons. The summed E-state index contributed by atoms with van der Waals surface area (Å²) in [6.07, 6.45) is 2.14. The van der Waals surface area contributed by atoms with Crippen LogP contribution in [0.15, 0.2) is 11.4 Å². The van der Waals surface area contributed by atoms with Gasteiger partial charge in [-0.1, -0.05) is 0 Å². The number of aliphatic hydroxyl groups is 1. The molecule has 0 aromatic carbocycles. The molecule has 0 spiro atoms. The second-order valence-electron chi connectivity index (χ2n) is 3.65. The molecule has 0 bridgehead atoms. The minimum atomic E-state index is -0.929. The van der Waals surface area contributed by atoms with Gasteiger partial charge in [0.25, 0.3) is 0 Å². The third-order valence-corrected chi connectivity index (χ3v) is 4.69. The van der Waals surface area contributed by atoms with Crippen LogP contribution in [0, 0.1) is 6.92 Å². The fourth-order valence-electron chi connectivity index (χ4n) is 1.59. The number of thiophene rings is 1. The van der Waals surface area contributed by atoms with Crippen molar-refractivity contribution in [3.8, 4) is 0 Å². The van der Waals surface area contributed by atoms with E-state index in [1.54, 1.807) is 6.92 Å². The molecule has 0 amide bonds. The number of hydrogen-bond donors (Lipinski definition) is 2. The van der Waals surface area contributed by atoms with E-state index in [4.69, 9.17) is 10.2 Å². The number of carbonyl (C=O) groups is 1. The van der Waals surface area contributed by atoms with E-state index in [9.17, 15) is 4.79 Å². The van der Waals surface area contributed by atoms with Crippen LogP contribution in [0.3, 0.4) is 0 Å². The molecule has 0 aliphatic rings. The highest BCUT2D eigenvalue weighted by atomic mass is 32.2. The van der Waals surface area contributed by atoms with Crippen molar-refractivity contribution in [2.24, 2.45) is 0 Å². The van der Waals surface area contributed by atoms with Crippen molar-refractivity contribution in [3.63, 3.8) is 0 Å². The van der Waals surface area contributed by atoms with Crippen molar-refractivity contribution >= 4 is 39.3 Å². The lowest BCUT2D eigenvalue weighted by molar-refractivity contribution is 0.0701. The number of carboxylic acid groups (broad SMARTS) is 1. The lowest BCUT2D eigenvalue weighted by atomic mass is 10.2. The van der Waals surface area contributed by atoms with Crippen molar-refractivity contribution in [2.75, 3.05) is 12.4 Å². The summed E-state index contributed by atoms with van der Waals surface area (Å²) in [5, 5.41) is 19.5. The summed E-state index contributed by atoms with van der Waals surface area (Å²) in [5.41, 5.74) is 0.717. The standard InChI is InChI=1S/C11H12N2O3S2/c1-6-7-9(17-4-2-3-14)12-5-13-10(7)18-8(6)11(15)16/h5,14H,2-4H2,1H3,(H,15,16). The summed E-state index contributed by atoms with van der Waals surface area (Å²) < 4.78 is 0. The third kappa shape index (κ3) is 2.47. The van der Waals surface area contributed by atoms with E-state index in [1.807, 2.05) is 0 Å². The molecule has 2 heterocycles. The topological polar surface area (TPSA) is 83.3 Å². The number of aryl methyl sites for hydroxylation is 1. The van der Waals surface area contributed by atoms with Crippen LogP contribution >= 0.6 is 23.1 Å². The molecule has 18 heavy (non-hydrogen) atoms. The number of aromatic carboxylic acids is 1. The highest BCUT2D eigenvalue weighted by Crippen LogP contribution is 2.34. The van der Waals surface area contributed by atoms with Crippen LogP contribution in [0.5, 0.6) is 0 Å². The van der Waals surface area contributed by atoms with Crippen LogP contribution in [0.2, 0.25) is 0 Å². The minimum absolute atomic E-state index is 0.143. The number of rotatable bonds is 5. The fraction of sp³-hybridized carbons (Fsp3) is 0.364. The maximum atomic E-state index is 11.1. The highest BCUT2D eigenvalue weighted by Gasteiger charge is 2.18. The first-order chi connectivity index (χ1) is 8.65. The highest BCUT2D eigenvalue weighted by molar-refractivity contribution is 7.99. The Hall–Kier alpha value is -1.18. The molecule has 2 N–H and O–H groups in total. The van der Waals surface area contributed by atoms with Gasteiger partial charge in [0.15, 0.2) is 0 Å². The van der Waals surface area contributed by atoms with Gasteiger partial charge in [0, 0.05) is 17.7 Å². The summed E-state index contributed by atoms with van der Waals surface area (Å²) in [4.78, 5) is 20.4. The zero-order chi connectivity index (χ0) is 13.1. The molecule has 7 heteroatoms. The van der Waals surface area contributed by atoms with Crippen molar-refractivity contribution in [2.45, 2.75) is 18.4 Å². The normalized spacial score (nSPS) is 11.0. The Morgan fingerprint density at radius 3 is 2.94 bits per heavy atom. The van der Waals surface area contributed by atoms with Crippen molar-refractivity contribution in [3.05, 3.63) is 16.8 Å². The SMILES string of the molecule is Cc1c(C(=O)O)sc2ncnc(SCCCO)c12. The van der Waals surface area contributed by atoms with Crippen molar-refractivity contribution < 1.29 is 15.0 Å². The van der Waals surface area contributed by atoms with Crippen LogP contribution in [-0.2, 0) is 0 Å². The zero-order valence-electron chi connectivity index (χ0n) is 9.71. The van der Waals surface area contributed by atoms with Gasteiger partial charge in [-0.05, 0) is 18.9 Å². The molecule has 0 saturated heterocycles. The Balaban J connectivity index is 2.44. The van der Waals surface area contributed by atoms with Gasteiger partial charge in [-0.15, -0.1) is 23.1 Å². The number of hydrogen-bond acceptors (Lipinski definition) is 6. The average Bonchev–Trinajstić information content (AvgIpc) is 2.68. The molecule has 96 valence electrons. The molecule has 2 aromatic heterocycles. The molecule has 0 saturated carbocycles. The van der Waals surface area contributed by atoms with Gasteiger partial charge in [0.1, 0.15) is 21.1 Å². The van der Waals surface area contributed by atoms with E-state index in [0.717, 1.165) is 21.7 Å².